The first kappa shape index (κ1) is 25.6. The van der Waals surface area contributed by atoms with Crippen molar-refractivity contribution in [2.24, 2.45) is 5.10 Å². The second kappa shape index (κ2) is 12.0. The molecule has 0 aliphatic heterocycles. The molecular weight excluding hydrogens is 492 g/mol. The van der Waals surface area contributed by atoms with Crippen molar-refractivity contribution in [1.29, 1.82) is 0 Å². The zero-order chi connectivity index (χ0) is 26.2. The van der Waals surface area contributed by atoms with Gasteiger partial charge in [0.05, 0.1) is 23.0 Å². The van der Waals surface area contributed by atoms with Crippen molar-refractivity contribution in [3.05, 3.63) is 94.5 Å². The van der Waals surface area contributed by atoms with Crippen LogP contribution in [0, 0.1) is 10.1 Å². The highest BCUT2D eigenvalue weighted by Crippen LogP contribution is 2.28. The Morgan fingerprint density at radius 2 is 1.84 bits per heavy atom. The van der Waals surface area contributed by atoms with E-state index in [1.54, 1.807) is 19.1 Å². The Balaban J connectivity index is 1.51. The number of nitro benzene ring substituents is 1. The number of carbonyl (C=O) groups excluding carboxylic acids is 1. The van der Waals surface area contributed by atoms with Gasteiger partial charge in [-0.1, -0.05) is 54.2 Å². The summed E-state index contributed by atoms with van der Waals surface area (Å²) in [5.74, 6) is 1.09. The first-order chi connectivity index (χ1) is 18.0. The van der Waals surface area contributed by atoms with E-state index in [1.165, 1.54) is 23.9 Å². The molecule has 0 aliphatic rings. The number of nitrogens with one attached hydrogen (secondary N) is 1. The molecule has 4 aromatic rings. The van der Waals surface area contributed by atoms with E-state index in [-0.39, 0.29) is 17.3 Å². The number of thioether (sulfide) groups is 1. The van der Waals surface area contributed by atoms with Gasteiger partial charge in [-0.2, -0.15) is 5.10 Å². The second-order valence-electron chi connectivity index (χ2n) is 7.76. The van der Waals surface area contributed by atoms with Gasteiger partial charge in [-0.25, -0.2) is 5.43 Å². The summed E-state index contributed by atoms with van der Waals surface area (Å²) in [5, 5.41) is 24.4. The largest absolute Gasteiger partial charge is 0.494 e. The predicted octanol–water partition coefficient (Wildman–Crippen LogP) is 4.87. The molecule has 10 nitrogen and oxygen atoms in total. The summed E-state index contributed by atoms with van der Waals surface area (Å²) < 4.78 is 7.44. The Morgan fingerprint density at radius 3 is 2.54 bits per heavy atom. The quantitative estimate of drug-likeness (QED) is 0.138. The van der Waals surface area contributed by atoms with Crippen LogP contribution in [-0.4, -0.2) is 43.7 Å². The number of hydrogen-bond donors (Lipinski definition) is 1. The normalized spacial score (nSPS) is 11.2. The van der Waals surface area contributed by atoms with Gasteiger partial charge in [-0.05, 0) is 38.1 Å². The SMILES string of the molecule is CCOc1ccc(-n2c(SCC(=O)N/N=C(\C)c3cccc([N+](=O)[O-])c3)nnc2-c2ccccc2)cc1. The first-order valence-corrected chi connectivity index (χ1v) is 12.4. The molecule has 1 heterocycles. The maximum Gasteiger partial charge on any atom is 0.270 e. The summed E-state index contributed by atoms with van der Waals surface area (Å²) >= 11 is 1.22. The van der Waals surface area contributed by atoms with Gasteiger partial charge in [0.15, 0.2) is 11.0 Å². The molecule has 3 aromatic carbocycles. The van der Waals surface area contributed by atoms with Crippen LogP contribution >= 0.6 is 11.8 Å². The molecule has 1 aromatic heterocycles. The molecule has 1 N–H and O–H groups in total. The number of nitro groups is 1. The lowest BCUT2D eigenvalue weighted by atomic mass is 10.1. The lowest BCUT2D eigenvalue weighted by Crippen LogP contribution is -2.21. The monoisotopic (exact) mass is 516 g/mol. The third kappa shape index (κ3) is 6.39. The van der Waals surface area contributed by atoms with Crippen molar-refractivity contribution in [2.75, 3.05) is 12.4 Å². The second-order valence-corrected chi connectivity index (χ2v) is 8.71. The summed E-state index contributed by atoms with van der Waals surface area (Å²) in [6, 6.07) is 23.3. The Kier molecular flexibility index (Phi) is 8.26. The van der Waals surface area contributed by atoms with E-state index in [0.29, 0.717) is 28.9 Å². The topological polar surface area (TPSA) is 125 Å². The highest BCUT2D eigenvalue weighted by atomic mass is 32.2. The van der Waals surface area contributed by atoms with E-state index in [2.05, 4.69) is 20.7 Å². The average molecular weight is 517 g/mol. The maximum atomic E-state index is 12.5. The summed E-state index contributed by atoms with van der Waals surface area (Å²) in [6.07, 6.45) is 0. The smallest absolute Gasteiger partial charge is 0.270 e. The number of aromatic nitrogens is 3. The van der Waals surface area contributed by atoms with E-state index in [9.17, 15) is 14.9 Å². The number of amides is 1. The number of carbonyl (C=O) groups is 1. The van der Waals surface area contributed by atoms with Crippen LogP contribution in [0.25, 0.3) is 17.1 Å². The Labute approximate surface area is 217 Å². The highest BCUT2D eigenvalue weighted by Gasteiger charge is 2.17. The number of rotatable bonds is 10. The zero-order valence-electron chi connectivity index (χ0n) is 20.2. The molecule has 1 amide bonds. The number of nitrogens with zero attached hydrogens (tertiary/aromatic N) is 5. The van der Waals surface area contributed by atoms with Gasteiger partial charge >= 0.3 is 0 Å². The molecule has 0 fully saturated rings. The van der Waals surface area contributed by atoms with Crippen molar-refractivity contribution >= 4 is 29.1 Å². The van der Waals surface area contributed by atoms with Gasteiger partial charge in [0.1, 0.15) is 5.75 Å². The van der Waals surface area contributed by atoms with Crippen LogP contribution in [0.1, 0.15) is 19.4 Å². The number of benzene rings is 3. The predicted molar refractivity (Wildman–Crippen MR) is 142 cm³/mol. The van der Waals surface area contributed by atoms with Crippen LogP contribution in [0.3, 0.4) is 0 Å². The van der Waals surface area contributed by atoms with E-state index in [0.717, 1.165) is 17.0 Å². The van der Waals surface area contributed by atoms with Crippen molar-refractivity contribution in [3.8, 4) is 22.8 Å². The summed E-state index contributed by atoms with van der Waals surface area (Å²) in [6.45, 7) is 4.16. The fourth-order valence-corrected chi connectivity index (χ4v) is 4.19. The van der Waals surface area contributed by atoms with Gasteiger partial charge in [-0.3, -0.25) is 19.5 Å². The minimum atomic E-state index is -0.476. The number of hydrogen-bond acceptors (Lipinski definition) is 8. The van der Waals surface area contributed by atoms with Crippen LogP contribution in [-0.2, 0) is 4.79 Å². The third-order valence-corrected chi connectivity index (χ3v) is 6.16. The van der Waals surface area contributed by atoms with E-state index in [1.807, 2.05) is 66.1 Å². The molecular formula is C26H24N6O4S. The van der Waals surface area contributed by atoms with E-state index in [4.69, 9.17) is 4.74 Å². The lowest BCUT2D eigenvalue weighted by Gasteiger charge is -2.11. The van der Waals surface area contributed by atoms with Crippen molar-refractivity contribution in [2.45, 2.75) is 19.0 Å². The number of hydrazone groups is 1. The standard InChI is InChI=1S/C26H24N6O4S/c1-3-36-23-14-12-21(13-15-23)31-25(19-8-5-4-6-9-19)29-30-26(31)37-17-24(33)28-27-18(2)20-10-7-11-22(16-20)32(34)35/h4-16H,3,17H2,1-2H3,(H,28,33)/b27-18+. The number of non-ortho nitro benzene ring substituents is 1. The molecule has 11 heteroatoms. The molecule has 0 saturated carbocycles. The Bertz CT molecular complexity index is 1420. The molecule has 0 atom stereocenters. The fraction of sp³-hybridized carbons (Fsp3) is 0.154. The van der Waals surface area contributed by atoms with Crippen molar-refractivity contribution in [1.82, 2.24) is 20.2 Å². The summed E-state index contributed by atoms with van der Waals surface area (Å²) in [4.78, 5) is 23.1. The molecule has 37 heavy (non-hydrogen) atoms. The van der Waals surface area contributed by atoms with Crippen molar-refractivity contribution < 1.29 is 14.5 Å². The molecule has 0 unspecified atom stereocenters. The molecule has 4 rings (SSSR count). The van der Waals surface area contributed by atoms with Gasteiger partial charge < -0.3 is 4.74 Å². The lowest BCUT2D eigenvalue weighted by molar-refractivity contribution is -0.384. The van der Waals surface area contributed by atoms with Crippen LogP contribution in [0.2, 0.25) is 0 Å². The number of ether oxygens (including phenoxy) is 1. The Morgan fingerprint density at radius 1 is 1.08 bits per heavy atom. The Hall–Kier alpha value is -4.51. The molecule has 0 radical (unpaired) electrons. The molecule has 0 spiro atoms. The highest BCUT2D eigenvalue weighted by molar-refractivity contribution is 7.99. The van der Waals surface area contributed by atoms with Crippen LogP contribution in [0.15, 0.2) is 89.1 Å². The van der Waals surface area contributed by atoms with E-state index >= 15 is 0 Å². The third-order valence-electron chi connectivity index (χ3n) is 5.23. The molecule has 0 bridgehead atoms. The molecule has 0 saturated heterocycles. The van der Waals surface area contributed by atoms with E-state index < -0.39 is 4.92 Å². The van der Waals surface area contributed by atoms with Gasteiger partial charge in [0, 0.05) is 28.9 Å². The van der Waals surface area contributed by atoms with Crippen LogP contribution in [0.4, 0.5) is 5.69 Å². The van der Waals surface area contributed by atoms with Crippen molar-refractivity contribution in [3.63, 3.8) is 0 Å². The van der Waals surface area contributed by atoms with Gasteiger partial charge in [-0.15, -0.1) is 10.2 Å². The van der Waals surface area contributed by atoms with Crippen LogP contribution < -0.4 is 10.2 Å². The maximum absolute atomic E-state index is 12.5. The summed E-state index contributed by atoms with van der Waals surface area (Å²) in [7, 11) is 0. The van der Waals surface area contributed by atoms with Crippen LogP contribution in [0.5, 0.6) is 5.75 Å². The minimum Gasteiger partial charge on any atom is -0.494 e. The zero-order valence-corrected chi connectivity index (χ0v) is 21.0. The first-order valence-electron chi connectivity index (χ1n) is 11.4. The van der Waals surface area contributed by atoms with Gasteiger partial charge in [0.2, 0.25) is 0 Å². The summed E-state index contributed by atoms with van der Waals surface area (Å²) in [5.41, 5.74) is 5.17. The molecule has 0 aliphatic carbocycles. The fourth-order valence-electron chi connectivity index (χ4n) is 3.45. The molecule has 188 valence electrons. The minimum absolute atomic E-state index is 0.0374. The van der Waals surface area contributed by atoms with Gasteiger partial charge in [0.25, 0.3) is 11.6 Å². The average Bonchev–Trinajstić information content (AvgIpc) is 3.35.